The average Bonchev–Trinajstić information content (AvgIpc) is 2.29. The number of nitrogens with zero attached hydrogens (tertiary/aromatic N) is 2. The predicted octanol–water partition coefficient (Wildman–Crippen LogP) is 3.48. The highest BCUT2D eigenvalue weighted by atomic mass is 35.5. The van der Waals surface area contributed by atoms with E-state index in [1.54, 1.807) is 6.07 Å². The average molecular weight is 241 g/mol. The van der Waals surface area contributed by atoms with Gasteiger partial charge >= 0.3 is 0 Å². The molecule has 0 aliphatic heterocycles. The highest BCUT2D eigenvalue weighted by molar-refractivity contribution is 6.29. The van der Waals surface area contributed by atoms with Crippen LogP contribution in [-0.2, 0) is 0 Å². The van der Waals surface area contributed by atoms with Crippen molar-refractivity contribution in [3.63, 3.8) is 0 Å². The highest BCUT2D eigenvalue weighted by Crippen LogP contribution is 2.29. The molecule has 1 aliphatic rings. The fraction of sp³-hybridized carbons (Fsp3) is 0.667. The Hall–Kier alpha value is -0.830. The smallest absolute Gasteiger partial charge is 0.218 e. The summed E-state index contributed by atoms with van der Waals surface area (Å²) in [7, 11) is 0. The highest BCUT2D eigenvalue weighted by Gasteiger charge is 2.22. The Kier molecular flexibility index (Phi) is 3.99. The van der Waals surface area contributed by atoms with Gasteiger partial charge in [-0.3, -0.25) is 0 Å². The van der Waals surface area contributed by atoms with Crippen LogP contribution in [0.5, 0.6) is 5.88 Å². The van der Waals surface area contributed by atoms with Gasteiger partial charge < -0.3 is 4.74 Å². The minimum Gasteiger partial charge on any atom is -0.474 e. The molecular weight excluding hydrogens is 224 g/mol. The van der Waals surface area contributed by atoms with Crippen LogP contribution in [0.1, 0.15) is 39.0 Å². The van der Waals surface area contributed by atoms with E-state index in [-0.39, 0.29) is 0 Å². The third-order valence-electron chi connectivity index (χ3n) is 3.21. The van der Waals surface area contributed by atoms with Crippen LogP contribution in [0.15, 0.2) is 12.4 Å². The second-order valence-electron chi connectivity index (χ2n) is 4.36. The van der Waals surface area contributed by atoms with Gasteiger partial charge in [-0.2, -0.15) is 0 Å². The summed E-state index contributed by atoms with van der Waals surface area (Å²) in [5.41, 5.74) is 0. The van der Waals surface area contributed by atoms with Crippen LogP contribution >= 0.6 is 11.6 Å². The number of halogens is 1. The summed E-state index contributed by atoms with van der Waals surface area (Å²) in [5.74, 6) is 1.40. The largest absolute Gasteiger partial charge is 0.474 e. The van der Waals surface area contributed by atoms with Crippen LogP contribution < -0.4 is 4.74 Å². The Morgan fingerprint density at radius 2 is 2.31 bits per heavy atom. The Balaban J connectivity index is 1.94. The SMILES string of the molecule is CCC1CCCC(Oc2cc(Cl)ncn2)C1. The molecule has 1 fully saturated rings. The minimum atomic E-state index is 0.296. The van der Waals surface area contributed by atoms with Gasteiger partial charge in [0.1, 0.15) is 17.6 Å². The Morgan fingerprint density at radius 1 is 1.44 bits per heavy atom. The van der Waals surface area contributed by atoms with Gasteiger partial charge in [-0.1, -0.05) is 31.4 Å². The monoisotopic (exact) mass is 240 g/mol. The van der Waals surface area contributed by atoms with E-state index in [2.05, 4.69) is 16.9 Å². The molecular formula is C12H17ClN2O. The molecule has 0 N–H and O–H groups in total. The molecule has 0 bridgehead atoms. The summed E-state index contributed by atoms with van der Waals surface area (Å²) >= 11 is 5.79. The summed E-state index contributed by atoms with van der Waals surface area (Å²) in [6.07, 6.45) is 7.83. The summed E-state index contributed by atoms with van der Waals surface area (Å²) in [6.45, 7) is 2.24. The molecule has 1 aliphatic carbocycles. The number of rotatable bonds is 3. The molecule has 2 rings (SSSR count). The normalized spacial score (nSPS) is 25.4. The second kappa shape index (κ2) is 5.48. The molecule has 0 aromatic carbocycles. The van der Waals surface area contributed by atoms with Crippen molar-refractivity contribution >= 4 is 11.6 Å². The maximum Gasteiger partial charge on any atom is 0.218 e. The van der Waals surface area contributed by atoms with Crippen molar-refractivity contribution in [3.8, 4) is 5.88 Å². The molecule has 1 heterocycles. The van der Waals surface area contributed by atoms with Gasteiger partial charge in [-0.15, -0.1) is 0 Å². The molecule has 0 saturated heterocycles. The lowest BCUT2D eigenvalue weighted by molar-refractivity contribution is 0.117. The van der Waals surface area contributed by atoms with Crippen molar-refractivity contribution in [1.82, 2.24) is 9.97 Å². The zero-order valence-corrected chi connectivity index (χ0v) is 10.3. The quantitative estimate of drug-likeness (QED) is 0.759. The first-order chi connectivity index (χ1) is 7.78. The lowest BCUT2D eigenvalue weighted by Crippen LogP contribution is -2.25. The Bertz CT molecular complexity index is 346. The number of hydrogen-bond acceptors (Lipinski definition) is 3. The molecule has 16 heavy (non-hydrogen) atoms. The molecule has 88 valence electrons. The summed E-state index contributed by atoms with van der Waals surface area (Å²) in [6, 6.07) is 1.68. The van der Waals surface area contributed by atoms with Gasteiger partial charge in [0.25, 0.3) is 0 Å². The van der Waals surface area contributed by atoms with Crippen LogP contribution in [-0.4, -0.2) is 16.1 Å². The van der Waals surface area contributed by atoms with Gasteiger partial charge in [0.05, 0.1) is 0 Å². The Labute approximate surface area is 101 Å². The molecule has 0 amide bonds. The van der Waals surface area contributed by atoms with E-state index in [9.17, 15) is 0 Å². The van der Waals surface area contributed by atoms with Gasteiger partial charge in [0.2, 0.25) is 5.88 Å². The van der Waals surface area contributed by atoms with Crippen molar-refractivity contribution in [2.24, 2.45) is 5.92 Å². The first-order valence-corrected chi connectivity index (χ1v) is 6.30. The fourth-order valence-corrected chi connectivity index (χ4v) is 2.41. The second-order valence-corrected chi connectivity index (χ2v) is 4.75. The van der Waals surface area contributed by atoms with E-state index >= 15 is 0 Å². The predicted molar refractivity (Wildman–Crippen MR) is 63.7 cm³/mol. The topological polar surface area (TPSA) is 35.0 Å². The summed E-state index contributed by atoms with van der Waals surface area (Å²) < 4.78 is 5.83. The molecule has 4 heteroatoms. The van der Waals surface area contributed by atoms with E-state index in [0.717, 1.165) is 18.8 Å². The van der Waals surface area contributed by atoms with Crippen molar-refractivity contribution in [2.45, 2.75) is 45.1 Å². The number of aromatic nitrogens is 2. The molecule has 1 aromatic heterocycles. The van der Waals surface area contributed by atoms with Crippen LogP contribution in [0.4, 0.5) is 0 Å². The van der Waals surface area contributed by atoms with E-state index in [1.165, 1.54) is 25.6 Å². The molecule has 0 spiro atoms. The van der Waals surface area contributed by atoms with Gasteiger partial charge in [0.15, 0.2) is 0 Å². The maximum atomic E-state index is 5.83. The van der Waals surface area contributed by atoms with E-state index in [1.807, 2.05) is 0 Å². The number of hydrogen-bond donors (Lipinski definition) is 0. The van der Waals surface area contributed by atoms with E-state index in [4.69, 9.17) is 16.3 Å². The van der Waals surface area contributed by atoms with Gasteiger partial charge in [-0.05, 0) is 25.2 Å². The molecule has 3 nitrogen and oxygen atoms in total. The van der Waals surface area contributed by atoms with Crippen LogP contribution in [0, 0.1) is 5.92 Å². The molecule has 2 atom stereocenters. The first-order valence-electron chi connectivity index (χ1n) is 5.92. The van der Waals surface area contributed by atoms with Crippen molar-refractivity contribution in [3.05, 3.63) is 17.5 Å². The molecule has 1 saturated carbocycles. The van der Waals surface area contributed by atoms with Gasteiger partial charge in [-0.25, -0.2) is 9.97 Å². The van der Waals surface area contributed by atoms with Crippen molar-refractivity contribution in [2.75, 3.05) is 0 Å². The van der Waals surface area contributed by atoms with Crippen LogP contribution in [0.3, 0.4) is 0 Å². The minimum absolute atomic E-state index is 0.296. The van der Waals surface area contributed by atoms with Crippen LogP contribution in [0.25, 0.3) is 0 Å². The van der Waals surface area contributed by atoms with Crippen molar-refractivity contribution < 1.29 is 4.74 Å². The lowest BCUT2D eigenvalue weighted by atomic mass is 9.85. The third kappa shape index (κ3) is 3.08. The third-order valence-corrected chi connectivity index (χ3v) is 3.41. The Morgan fingerprint density at radius 3 is 3.06 bits per heavy atom. The first kappa shape index (κ1) is 11.6. The molecule has 2 unspecified atom stereocenters. The summed E-state index contributed by atoms with van der Waals surface area (Å²) in [5, 5.41) is 0.438. The molecule has 1 aromatic rings. The number of ether oxygens (including phenoxy) is 1. The van der Waals surface area contributed by atoms with E-state index in [0.29, 0.717) is 17.1 Å². The fourth-order valence-electron chi connectivity index (χ4n) is 2.27. The van der Waals surface area contributed by atoms with Crippen LogP contribution in [0.2, 0.25) is 5.15 Å². The zero-order chi connectivity index (χ0) is 11.4. The van der Waals surface area contributed by atoms with Gasteiger partial charge in [0, 0.05) is 6.07 Å². The maximum absolute atomic E-state index is 5.83. The summed E-state index contributed by atoms with van der Waals surface area (Å²) in [4.78, 5) is 7.91. The van der Waals surface area contributed by atoms with E-state index < -0.39 is 0 Å². The standard InChI is InChI=1S/C12H17ClN2O/c1-2-9-4-3-5-10(6-9)16-12-7-11(13)14-8-15-12/h7-10H,2-6H2,1H3. The van der Waals surface area contributed by atoms with Crippen molar-refractivity contribution in [1.29, 1.82) is 0 Å². The lowest BCUT2D eigenvalue weighted by Gasteiger charge is -2.28. The molecule has 0 radical (unpaired) electrons. The zero-order valence-electron chi connectivity index (χ0n) is 9.53.